The Morgan fingerprint density at radius 3 is 2.44 bits per heavy atom. The van der Waals surface area contributed by atoms with Crippen LogP contribution in [0.4, 0.5) is 5.69 Å². The topological polar surface area (TPSA) is 139 Å². The average Bonchev–Trinajstić information content (AvgIpc) is 2.56. The Labute approximate surface area is 144 Å². The van der Waals surface area contributed by atoms with Crippen LogP contribution in [0.15, 0.2) is 47.4 Å². The molecule has 0 spiro atoms. The lowest BCUT2D eigenvalue weighted by Gasteiger charge is -2.17. The number of hydrogen-bond donors (Lipinski definition) is 4. The number of benzene rings is 2. The highest BCUT2D eigenvalue weighted by molar-refractivity contribution is 7.89. The van der Waals surface area contributed by atoms with E-state index in [0.717, 1.165) is 6.07 Å². The van der Waals surface area contributed by atoms with Gasteiger partial charge in [-0.05, 0) is 30.7 Å². The first kappa shape index (κ1) is 18.7. The zero-order valence-electron chi connectivity index (χ0n) is 13.2. The van der Waals surface area contributed by atoms with Gasteiger partial charge in [-0.1, -0.05) is 18.2 Å². The molecule has 0 aliphatic rings. The maximum Gasteiger partial charge on any atom is 0.335 e. The van der Waals surface area contributed by atoms with E-state index in [1.807, 2.05) is 0 Å². The molecule has 0 fully saturated rings. The van der Waals surface area contributed by atoms with Gasteiger partial charge in [0.1, 0.15) is 10.6 Å². The number of rotatable bonds is 8. The Kier molecular flexibility index (Phi) is 5.97. The number of nitrogens with one attached hydrogen (secondary N) is 1. The van der Waals surface area contributed by atoms with Crippen molar-refractivity contribution in [3.63, 3.8) is 0 Å². The van der Waals surface area contributed by atoms with Crippen LogP contribution >= 0.6 is 0 Å². The van der Waals surface area contributed by atoms with Crippen molar-refractivity contribution in [2.45, 2.75) is 11.3 Å². The molecule has 134 valence electrons. The number of ether oxygens (including phenoxy) is 1. The molecule has 0 radical (unpaired) electrons. The molecule has 9 heteroatoms. The molecule has 0 aliphatic carbocycles. The van der Waals surface area contributed by atoms with Gasteiger partial charge in [-0.15, -0.1) is 0 Å². The Balaban J connectivity index is 2.59. The highest BCUT2D eigenvalue weighted by Crippen LogP contribution is 2.37. The Morgan fingerprint density at radius 1 is 1.20 bits per heavy atom. The summed E-state index contributed by atoms with van der Waals surface area (Å²) >= 11 is 0. The number of nitrogens with two attached hydrogens (primary N) is 1. The lowest BCUT2D eigenvalue weighted by Crippen LogP contribution is -2.16. The van der Waals surface area contributed by atoms with Gasteiger partial charge in [-0.2, -0.15) is 0 Å². The fraction of sp³-hybridized carbons (Fsp3) is 0.188. The Hall–Kier alpha value is -2.62. The molecule has 0 saturated heterocycles. The van der Waals surface area contributed by atoms with E-state index in [9.17, 15) is 18.3 Å². The summed E-state index contributed by atoms with van der Waals surface area (Å²) < 4.78 is 29.5. The van der Waals surface area contributed by atoms with E-state index < -0.39 is 20.9 Å². The molecule has 2 rings (SSSR count). The van der Waals surface area contributed by atoms with Gasteiger partial charge in [0, 0.05) is 13.2 Å². The quantitative estimate of drug-likeness (QED) is 0.521. The summed E-state index contributed by atoms with van der Waals surface area (Å²) in [5, 5.41) is 26.2. The number of aliphatic hydroxyl groups is 1. The van der Waals surface area contributed by atoms with Crippen LogP contribution in [-0.2, 0) is 10.0 Å². The van der Waals surface area contributed by atoms with Gasteiger partial charge in [-0.3, -0.25) is 0 Å². The third kappa shape index (κ3) is 4.92. The van der Waals surface area contributed by atoms with Crippen LogP contribution < -0.4 is 15.2 Å². The first-order chi connectivity index (χ1) is 11.8. The second-order valence-corrected chi connectivity index (χ2v) is 6.65. The van der Waals surface area contributed by atoms with Gasteiger partial charge in [0.05, 0.1) is 11.3 Å². The van der Waals surface area contributed by atoms with Crippen molar-refractivity contribution < 1.29 is 28.2 Å². The third-order valence-electron chi connectivity index (χ3n) is 3.22. The average molecular weight is 366 g/mol. The predicted molar refractivity (Wildman–Crippen MR) is 91.5 cm³/mol. The first-order valence-corrected chi connectivity index (χ1v) is 8.89. The van der Waals surface area contributed by atoms with Gasteiger partial charge in [0.25, 0.3) is 0 Å². The third-order valence-corrected chi connectivity index (χ3v) is 4.14. The number of carbonyl (C=O) groups is 1. The minimum Gasteiger partial charge on any atom is -0.478 e. The summed E-state index contributed by atoms with van der Waals surface area (Å²) in [5.74, 6) is -1.04. The second kappa shape index (κ2) is 7.97. The van der Waals surface area contributed by atoms with Crippen molar-refractivity contribution in [2.75, 3.05) is 18.5 Å². The van der Waals surface area contributed by atoms with Crippen molar-refractivity contribution in [3.05, 3.63) is 48.0 Å². The van der Waals surface area contributed by atoms with Crippen LogP contribution in [0.1, 0.15) is 16.8 Å². The summed E-state index contributed by atoms with van der Waals surface area (Å²) in [6.45, 7) is 0.206. The first-order valence-electron chi connectivity index (χ1n) is 7.34. The highest BCUT2D eigenvalue weighted by atomic mass is 32.2. The number of hydrogen-bond acceptors (Lipinski definition) is 6. The van der Waals surface area contributed by atoms with Crippen LogP contribution in [0.3, 0.4) is 0 Å². The number of sulfonamides is 1. The van der Waals surface area contributed by atoms with Crippen molar-refractivity contribution in [3.8, 4) is 11.5 Å². The van der Waals surface area contributed by atoms with Crippen LogP contribution in [0, 0.1) is 0 Å². The largest absolute Gasteiger partial charge is 0.478 e. The summed E-state index contributed by atoms with van der Waals surface area (Å²) in [5.41, 5.74) is -0.0998. The number of anilines is 1. The number of primary sulfonamides is 1. The number of aromatic carboxylic acids is 1. The number of carboxylic acids is 1. The van der Waals surface area contributed by atoms with E-state index in [-0.39, 0.29) is 30.2 Å². The molecule has 5 N–H and O–H groups in total. The second-order valence-electron chi connectivity index (χ2n) is 5.12. The Morgan fingerprint density at radius 2 is 1.88 bits per heavy atom. The molecule has 2 aromatic carbocycles. The molecular formula is C16H18N2O6S. The standard InChI is InChI=1S/C16H18N2O6S/c17-25(22,23)14-10-11(16(20)21)9-13(18-7-4-8-19)15(14)24-12-5-2-1-3-6-12/h1-3,5-6,9-10,18-19H,4,7-8H2,(H,20,21)(H2,17,22,23). The Bertz CT molecular complexity index is 852. The minimum atomic E-state index is -4.24. The van der Waals surface area contributed by atoms with Crippen LogP contribution in [0.2, 0.25) is 0 Å². The zero-order chi connectivity index (χ0) is 18.4. The summed E-state index contributed by atoms with van der Waals surface area (Å²) in [6.07, 6.45) is 0.382. The fourth-order valence-corrected chi connectivity index (χ4v) is 2.78. The molecule has 0 unspecified atom stereocenters. The highest BCUT2D eigenvalue weighted by Gasteiger charge is 2.23. The lowest BCUT2D eigenvalue weighted by molar-refractivity contribution is 0.0696. The maximum atomic E-state index is 11.9. The zero-order valence-corrected chi connectivity index (χ0v) is 14.0. The van der Waals surface area contributed by atoms with Gasteiger partial charge >= 0.3 is 5.97 Å². The summed E-state index contributed by atoms with van der Waals surface area (Å²) in [6, 6.07) is 10.6. The van der Waals surface area contributed by atoms with Crippen molar-refractivity contribution >= 4 is 21.7 Å². The minimum absolute atomic E-state index is 0.0808. The van der Waals surface area contributed by atoms with E-state index in [1.165, 1.54) is 6.07 Å². The van der Waals surface area contributed by atoms with E-state index in [1.54, 1.807) is 30.3 Å². The van der Waals surface area contributed by atoms with Gasteiger partial charge in [0.15, 0.2) is 5.75 Å². The predicted octanol–water partition coefficient (Wildman–Crippen LogP) is 1.62. The molecule has 0 amide bonds. The van der Waals surface area contributed by atoms with E-state index in [4.69, 9.17) is 15.0 Å². The van der Waals surface area contributed by atoms with E-state index >= 15 is 0 Å². The maximum absolute atomic E-state index is 11.9. The van der Waals surface area contributed by atoms with Crippen molar-refractivity contribution in [2.24, 2.45) is 5.14 Å². The molecule has 8 nitrogen and oxygen atoms in total. The summed E-state index contributed by atoms with van der Waals surface area (Å²) in [7, 11) is -4.24. The molecule has 0 heterocycles. The molecule has 0 saturated carbocycles. The molecule has 0 aliphatic heterocycles. The van der Waals surface area contributed by atoms with Gasteiger partial charge < -0.3 is 20.3 Å². The van der Waals surface area contributed by atoms with E-state index in [0.29, 0.717) is 12.2 Å². The van der Waals surface area contributed by atoms with Crippen LogP contribution in [0.25, 0.3) is 0 Å². The van der Waals surface area contributed by atoms with Gasteiger partial charge in [0.2, 0.25) is 10.0 Å². The fourth-order valence-electron chi connectivity index (χ4n) is 2.08. The number of carboxylic acid groups (broad SMARTS) is 1. The molecule has 0 bridgehead atoms. The SMILES string of the molecule is NS(=O)(=O)c1cc(C(=O)O)cc(NCCCO)c1Oc1ccccc1. The monoisotopic (exact) mass is 366 g/mol. The van der Waals surface area contributed by atoms with Gasteiger partial charge in [-0.25, -0.2) is 18.4 Å². The number of aliphatic hydroxyl groups excluding tert-OH is 1. The lowest BCUT2D eigenvalue weighted by atomic mass is 10.1. The smallest absolute Gasteiger partial charge is 0.335 e. The normalized spacial score (nSPS) is 11.1. The molecule has 0 aromatic heterocycles. The van der Waals surface area contributed by atoms with Crippen LogP contribution in [0.5, 0.6) is 11.5 Å². The van der Waals surface area contributed by atoms with E-state index in [2.05, 4.69) is 5.32 Å². The molecular weight excluding hydrogens is 348 g/mol. The molecule has 0 atom stereocenters. The van der Waals surface area contributed by atoms with Crippen molar-refractivity contribution in [1.29, 1.82) is 0 Å². The molecule has 25 heavy (non-hydrogen) atoms. The molecule has 2 aromatic rings. The summed E-state index contributed by atoms with van der Waals surface area (Å²) in [4.78, 5) is 10.8. The number of para-hydroxylation sites is 1. The van der Waals surface area contributed by atoms with Crippen LogP contribution in [-0.4, -0.2) is 37.8 Å². The van der Waals surface area contributed by atoms with Crippen molar-refractivity contribution in [1.82, 2.24) is 0 Å².